The lowest BCUT2D eigenvalue weighted by Gasteiger charge is -2.46. The molecular formula is C24H33IN2O5. The Hall–Kier alpha value is -2.20. The maximum Gasteiger partial charge on any atom is 0.223 e. The second kappa shape index (κ2) is 11.1. The molecule has 176 valence electrons. The van der Waals surface area contributed by atoms with Gasteiger partial charge in [0.1, 0.15) is 6.04 Å². The summed E-state index contributed by atoms with van der Waals surface area (Å²) >= 11 is 0. The molecule has 0 aliphatic carbocycles. The summed E-state index contributed by atoms with van der Waals surface area (Å²) in [7, 11) is 8.78. The van der Waals surface area contributed by atoms with Crippen LogP contribution in [0.1, 0.15) is 29.2 Å². The first kappa shape index (κ1) is 26.1. The summed E-state index contributed by atoms with van der Waals surface area (Å²) in [6, 6.07) is 10.3. The molecular weight excluding hydrogens is 523 g/mol. The van der Waals surface area contributed by atoms with Gasteiger partial charge in [0.15, 0.2) is 23.0 Å². The van der Waals surface area contributed by atoms with Crippen LogP contribution >= 0.6 is 0 Å². The minimum Gasteiger partial charge on any atom is -1.00 e. The number of carbonyl (C=O) groups excluding carboxylic acids is 1. The second-order valence-electron chi connectivity index (χ2n) is 8.21. The van der Waals surface area contributed by atoms with Gasteiger partial charge < -0.3 is 53.1 Å². The molecule has 8 heteroatoms. The number of methoxy groups -OCH3 is 4. The molecule has 0 saturated carbocycles. The number of hydrogen-bond acceptors (Lipinski definition) is 5. The molecule has 0 fully saturated rings. The van der Waals surface area contributed by atoms with Gasteiger partial charge in [-0.25, -0.2) is 0 Å². The standard InChI is InChI=1S/C24H32N2O5.HI/c1-26(11-9-24(25)27)10-8-17-14-22(30-4)23(31-5)15-18(17)19(26)12-16-6-7-20(28-2)21(13-16)29-3;/h6-7,13-15,19H,8-12H2,1-5H3,(H-,25,27);1H/t19-,26-;/m1./s1. The van der Waals surface area contributed by atoms with Crippen LogP contribution < -0.4 is 48.7 Å². The lowest BCUT2D eigenvalue weighted by Crippen LogP contribution is -3.00. The van der Waals surface area contributed by atoms with Crippen LogP contribution in [0.3, 0.4) is 0 Å². The third-order valence-electron chi connectivity index (χ3n) is 6.39. The van der Waals surface area contributed by atoms with E-state index in [4.69, 9.17) is 24.7 Å². The van der Waals surface area contributed by atoms with E-state index >= 15 is 0 Å². The first-order valence-corrected chi connectivity index (χ1v) is 10.4. The van der Waals surface area contributed by atoms with Gasteiger partial charge in [-0.15, -0.1) is 0 Å². The highest BCUT2D eigenvalue weighted by molar-refractivity contribution is 5.73. The third kappa shape index (κ3) is 5.40. The molecule has 0 saturated heterocycles. The van der Waals surface area contributed by atoms with Crippen molar-refractivity contribution in [2.75, 3.05) is 48.6 Å². The summed E-state index contributed by atoms with van der Waals surface area (Å²) in [4.78, 5) is 11.6. The molecule has 2 atom stereocenters. The maximum absolute atomic E-state index is 11.6. The molecule has 0 spiro atoms. The molecule has 1 heterocycles. The Morgan fingerprint density at radius 3 is 2.16 bits per heavy atom. The molecule has 1 aliphatic heterocycles. The van der Waals surface area contributed by atoms with Crippen LogP contribution in [0, 0.1) is 0 Å². The Kier molecular flexibility index (Phi) is 9.03. The Morgan fingerprint density at radius 1 is 0.969 bits per heavy atom. The van der Waals surface area contributed by atoms with Crippen molar-refractivity contribution in [3.63, 3.8) is 0 Å². The van der Waals surface area contributed by atoms with Crippen LogP contribution in [0.2, 0.25) is 0 Å². The fourth-order valence-corrected chi connectivity index (χ4v) is 4.53. The van der Waals surface area contributed by atoms with Gasteiger partial charge in [-0.1, -0.05) is 6.07 Å². The summed E-state index contributed by atoms with van der Waals surface area (Å²) in [5.74, 6) is 2.57. The van der Waals surface area contributed by atoms with Crippen molar-refractivity contribution in [3.8, 4) is 23.0 Å². The average molecular weight is 556 g/mol. The predicted octanol–water partition coefficient (Wildman–Crippen LogP) is -0.113. The number of nitrogens with zero attached hydrogens (tertiary/aromatic N) is 1. The van der Waals surface area contributed by atoms with E-state index in [9.17, 15) is 4.79 Å². The molecule has 32 heavy (non-hydrogen) atoms. The summed E-state index contributed by atoms with van der Waals surface area (Å²) in [5.41, 5.74) is 9.09. The molecule has 2 N–H and O–H groups in total. The number of primary amides is 1. The van der Waals surface area contributed by atoms with E-state index < -0.39 is 0 Å². The molecule has 2 aromatic rings. The number of quaternary nitrogens is 1. The third-order valence-corrected chi connectivity index (χ3v) is 6.39. The second-order valence-corrected chi connectivity index (χ2v) is 8.21. The fraction of sp³-hybridized carbons (Fsp3) is 0.458. The van der Waals surface area contributed by atoms with E-state index in [-0.39, 0.29) is 35.9 Å². The number of benzene rings is 2. The van der Waals surface area contributed by atoms with Crippen LogP contribution in [0.4, 0.5) is 0 Å². The SMILES string of the molecule is COc1ccc(C[C@@H]2c3cc(OC)c(OC)cc3CC[N@+]2(C)CCC(N)=O)cc1OC.[I-]. The number of amides is 1. The molecule has 0 radical (unpaired) electrons. The zero-order valence-corrected chi connectivity index (χ0v) is 21.6. The number of ether oxygens (including phenoxy) is 4. The van der Waals surface area contributed by atoms with E-state index in [1.807, 2.05) is 12.1 Å². The monoisotopic (exact) mass is 556 g/mol. The Morgan fingerprint density at radius 2 is 1.56 bits per heavy atom. The topological polar surface area (TPSA) is 80.0 Å². The molecule has 0 aromatic heterocycles. The minimum atomic E-state index is -0.276. The van der Waals surface area contributed by atoms with Crippen molar-refractivity contribution >= 4 is 5.91 Å². The zero-order valence-electron chi connectivity index (χ0n) is 19.4. The van der Waals surface area contributed by atoms with E-state index in [0.717, 1.165) is 35.2 Å². The van der Waals surface area contributed by atoms with Crippen molar-refractivity contribution in [3.05, 3.63) is 47.0 Å². The summed E-state index contributed by atoms with van der Waals surface area (Å²) in [6.45, 7) is 1.59. The van der Waals surface area contributed by atoms with Crippen molar-refractivity contribution in [2.24, 2.45) is 5.73 Å². The first-order chi connectivity index (χ1) is 14.8. The Balaban J connectivity index is 0.00000363. The quantitative estimate of drug-likeness (QED) is 0.345. The summed E-state index contributed by atoms with van der Waals surface area (Å²) in [6.07, 6.45) is 2.02. The highest BCUT2D eigenvalue weighted by atomic mass is 127. The minimum absolute atomic E-state index is 0. The van der Waals surface area contributed by atoms with Crippen molar-refractivity contribution in [2.45, 2.75) is 25.3 Å². The smallest absolute Gasteiger partial charge is 0.223 e. The summed E-state index contributed by atoms with van der Waals surface area (Å²) in [5, 5.41) is 0. The van der Waals surface area contributed by atoms with Crippen LogP contribution in [-0.2, 0) is 17.6 Å². The van der Waals surface area contributed by atoms with Crippen LogP contribution in [-0.4, -0.2) is 59.0 Å². The highest BCUT2D eigenvalue weighted by Gasteiger charge is 2.40. The number of fused-ring (bicyclic) bond motifs is 1. The number of carbonyl (C=O) groups is 1. The van der Waals surface area contributed by atoms with Gasteiger partial charge in [-0.05, 0) is 35.4 Å². The van der Waals surface area contributed by atoms with Crippen molar-refractivity contribution in [1.29, 1.82) is 0 Å². The van der Waals surface area contributed by atoms with Gasteiger partial charge in [0, 0.05) is 18.4 Å². The lowest BCUT2D eigenvalue weighted by molar-refractivity contribution is -0.940. The van der Waals surface area contributed by atoms with Gasteiger partial charge in [-0.3, -0.25) is 4.79 Å². The Labute approximate surface area is 207 Å². The largest absolute Gasteiger partial charge is 1.00 e. The van der Waals surface area contributed by atoms with Crippen LogP contribution in [0.5, 0.6) is 23.0 Å². The van der Waals surface area contributed by atoms with Gasteiger partial charge in [0.2, 0.25) is 5.91 Å². The van der Waals surface area contributed by atoms with Crippen molar-refractivity contribution < 1.29 is 52.2 Å². The molecule has 3 rings (SSSR count). The lowest BCUT2D eigenvalue weighted by atomic mass is 9.86. The van der Waals surface area contributed by atoms with Crippen molar-refractivity contribution in [1.82, 2.24) is 0 Å². The number of likely N-dealkylation sites (N-methyl/N-ethyl adjacent to an activating group) is 1. The summed E-state index contributed by atoms with van der Waals surface area (Å²) < 4.78 is 22.7. The Bertz CT molecular complexity index is 952. The normalized spacial score (nSPS) is 19.3. The van der Waals surface area contributed by atoms with E-state index in [1.54, 1.807) is 28.4 Å². The zero-order chi connectivity index (χ0) is 22.6. The maximum atomic E-state index is 11.6. The average Bonchev–Trinajstić information content (AvgIpc) is 2.78. The van der Waals surface area contributed by atoms with Gasteiger partial charge in [0.25, 0.3) is 0 Å². The van der Waals surface area contributed by atoms with Gasteiger partial charge >= 0.3 is 0 Å². The van der Waals surface area contributed by atoms with E-state index in [2.05, 4.69) is 25.2 Å². The molecule has 1 aliphatic rings. The van der Waals surface area contributed by atoms with E-state index in [0.29, 0.717) is 30.2 Å². The predicted molar refractivity (Wildman–Crippen MR) is 119 cm³/mol. The van der Waals surface area contributed by atoms with Crippen LogP contribution in [0.15, 0.2) is 30.3 Å². The van der Waals surface area contributed by atoms with Gasteiger partial charge in [-0.2, -0.15) is 0 Å². The number of rotatable bonds is 9. The number of halogens is 1. The molecule has 0 unspecified atom stereocenters. The highest BCUT2D eigenvalue weighted by Crippen LogP contribution is 2.43. The molecule has 1 amide bonds. The van der Waals surface area contributed by atoms with Gasteiger partial charge in [0.05, 0.1) is 55.0 Å². The number of nitrogens with two attached hydrogens (primary N) is 1. The fourth-order valence-electron chi connectivity index (χ4n) is 4.53. The number of hydrogen-bond donors (Lipinski definition) is 1. The van der Waals surface area contributed by atoms with E-state index in [1.165, 1.54) is 11.1 Å². The molecule has 0 bridgehead atoms. The molecule has 2 aromatic carbocycles. The van der Waals surface area contributed by atoms with Crippen LogP contribution in [0.25, 0.3) is 0 Å². The molecule has 7 nitrogen and oxygen atoms in total. The first-order valence-electron chi connectivity index (χ1n) is 10.4.